The van der Waals surface area contributed by atoms with Crippen LogP contribution in [-0.4, -0.2) is 14.6 Å². The number of aromatic nitrogens is 3. The minimum Gasteiger partial charge on any atom is -0.236 e. The van der Waals surface area contributed by atoms with Crippen LogP contribution in [0.4, 0.5) is 0 Å². The van der Waals surface area contributed by atoms with Crippen molar-refractivity contribution in [2.24, 2.45) is 0 Å². The van der Waals surface area contributed by atoms with Crippen molar-refractivity contribution in [2.45, 2.75) is 25.2 Å². The summed E-state index contributed by atoms with van der Waals surface area (Å²) in [6.07, 6.45) is 7.09. The maximum Gasteiger partial charge on any atom is 0.173 e. The van der Waals surface area contributed by atoms with E-state index < -0.39 is 0 Å². The third-order valence-electron chi connectivity index (χ3n) is 3.03. The highest BCUT2D eigenvalue weighted by Gasteiger charge is 2.26. The van der Waals surface area contributed by atoms with Crippen molar-refractivity contribution in [2.75, 3.05) is 0 Å². The summed E-state index contributed by atoms with van der Waals surface area (Å²) >= 11 is 0. The molecule has 0 radical (unpaired) electrons. The summed E-state index contributed by atoms with van der Waals surface area (Å²) in [6, 6.07) is 4.05. The van der Waals surface area contributed by atoms with Gasteiger partial charge >= 0.3 is 0 Å². The van der Waals surface area contributed by atoms with E-state index in [0.717, 1.165) is 18.5 Å². The zero-order valence-electron chi connectivity index (χ0n) is 8.22. The molecule has 0 amide bonds. The maximum absolute atomic E-state index is 9.13. The van der Waals surface area contributed by atoms with Crippen LogP contribution in [0.15, 0.2) is 18.5 Å². The molecular weight excluding hydrogens is 188 g/mol. The van der Waals surface area contributed by atoms with Crippen molar-refractivity contribution in [3.8, 4) is 6.07 Å². The number of nitrogens with zero attached hydrogens (tertiary/aromatic N) is 4. The Labute approximate surface area is 87.2 Å². The van der Waals surface area contributed by atoms with Crippen molar-refractivity contribution in [3.63, 3.8) is 0 Å². The van der Waals surface area contributed by atoms with E-state index in [1.165, 1.54) is 6.42 Å². The van der Waals surface area contributed by atoms with Crippen LogP contribution < -0.4 is 0 Å². The molecule has 15 heavy (non-hydrogen) atoms. The van der Waals surface area contributed by atoms with E-state index in [4.69, 9.17) is 5.26 Å². The quantitative estimate of drug-likeness (QED) is 0.702. The molecule has 0 bridgehead atoms. The minimum atomic E-state index is 0.473. The van der Waals surface area contributed by atoms with Crippen molar-refractivity contribution in [1.29, 1.82) is 5.26 Å². The molecule has 1 saturated carbocycles. The summed E-state index contributed by atoms with van der Waals surface area (Å²) in [5.74, 6) is 0.473. The first-order chi connectivity index (χ1) is 7.40. The van der Waals surface area contributed by atoms with E-state index in [-0.39, 0.29) is 0 Å². The van der Waals surface area contributed by atoms with Gasteiger partial charge in [0.25, 0.3) is 0 Å². The Morgan fingerprint density at radius 2 is 2.33 bits per heavy atom. The molecule has 2 aromatic rings. The molecule has 2 heterocycles. The summed E-state index contributed by atoms with van der Waals surface area (Å²) in [5.41, 5.74) is 2.27. The molecule has 1 fully saturated rings. The molecule has 1 aliphatic rings. The molecule has 74 valence electrons. The van der Waals surface area contributed by atoms with E-state index in [0.29, 0.717) is 17.1 Å². The Bertz CT molecular complexity index is 545. The molecule has 0 unspecified atom stereocenters. The number of rotatable bonds is 1. The lowest BCUT2D eigenvalue weighted by Gasteiger charge is -2.23. The van der Waals surface area contributed by atoms with Crippen LogP contribution in [0.1, 0.15) is 36.4 Å². The monoisotopic (exact) mass is 198 g/mol. The Balaban J connectivity index is 2.25. The lowest BCUT2D eigenvalue weighted by atomic mass is 9.82. The predicted octanol–water partition coefficient (Wildman–Crippen LogP) is 1.87. The molecule has 2 aromatic heterocycles. The molecule has 1 aliphatic carbocycles. The summed E-state index contributed by atoms with van der Waals surface area (Å²) in [6.45, 7) is 0. The third kappa shape index (κ3) is 1.13. The first-order valence-electron chi connectivity index (χ1n) is 5.13. The molecule has 0 atom stereocenters. The second-order valence-electron chi connectivity index (χ2n) is 3.89. The van der Waals surface area contributed by atoms with E-state index in [1.54, 1.807) is 10.7 Å². The number of nitriles is 1. The molecule has 0 spiro atoms. The van der Waals surface area contributed by atoms with Gasteiger partial charge in [-0.3, -0.25) is 0 Å². The van der Waals surface area contributed by atoms with Gasteiger partial charge in [-0.2, -0.15) is 10.4 Å². The Kier molecular flexibility index (Phi) is 1.72. The lowest BCUT2D eigenvalue weighted by Crippen LogP contribution is -2.10. The van der Waals surface area contributed by atoms with Gasteiger partial charge in [0, 0.05) is 18.3 Å². The number of hydrogen-bond acceptors (Lipinski definition) is 3. The smallest absolute Gasteiger partial charge is 0.173 e. The average molecular weight is 198 g/mol. The normalized spacial score (nSPS) is 16.2. The second kappa shape index (κ2) is 3.06. The molecule has 3 rings (SSSR count). The highest BCUT2D eigenvalue weighted by molar-refractivity contribution is 5.58. The Morgan fingerprint density at radius 3 is 3.00 bits per heavy atom. The third-order valence-corrected chi connectivity index (χ3v) is 3.03. The number of hydrogen-bond donors (Lipinski definition) is 0. The van der Waals surface area contributed by atoms with Gasteiger partial charge in [-0.1, -0.05) is 6.42 Å². The van der Waals surface area contributed by atoms with Crippen LogP contribution in [0.2, 0.25) is 0 Å². The van der Waals surface area contributed by atoms with Crippen molar-refractivity contribution in [3.05, 3.63) is 29.7 Å². The fraction of sp³-hybridized carbons (Fsp3) is 0.364. The Hall–Kier alpha value is -1.89. The molecule has 0 saturated heterocycles. The van der Waals surface area contributed by atoms with Crippen molar-refractivity contribution in [1.82, 2.24) is 14.6 Å². The molecular formula is C11H10N4. The number of fused-ring (bicyclic) bond motifs is 1. The highest BCUT2D eigenvalue weighted by Crippen LogP contribution is 2.37. The van der Waals surface area contributed by atoms with Crippen LogP contribution in [0.5, 0.6) is 0 Å². The van der Waals surface area contributed by atoms with Gasteiger partial charge in [0.05, 0.1) is 5.69 Å². The second-order valence-corrected chi connectivity index (χ2v) is 3.89. The zero-order valence-corrected chi connectivity index (χ0v) is 8.22. The average Bonchev–Trinajstić information content (AvgIpc) is 2.53. The maximum atomic E-state index is 9.13. The predicted molar refractivity (Wildman–Crippen MR) is 54.3 cm³/mol. The van der Waals surface area contributed by atoms with Crippen LogP contribution in [0, 0.1) is 11.3 Å². The molecule has 4 heteroatoms. The molecule has 4 nitrogen and oxygen atoms in total. The SMILES string of the molecule is N#Cc1c(C2CCC2)nn2cccnc12. The first-order valence-corrected chi connectivity index (χ1v) is 5.13. The van der Waals surface area contributed by atoms with Crippen LogP contribution >= 0.6 is 0 Å². The standard InChI is InChI=1S/C11H10N4/c12-7-9-10(8-3-1-4-8)14-15-6-2-5-13-11(9)15/h2,5-6,8H,1,3-4H2. The summed E-state index contributed by atoms with van der Waals surface area (Å²) in [7, 11) is 0. The van der Waals surface area contributed by atoms with Gasteiger partial charge in [-0.15, -0.1) is 0 Å². The van der Waals surface area contributed by atoms with E-state index in [9.17, 15) is 0 Å². The molecule has 0 N–H and O–H groups in total. The van der Waals surface area contributed by atoms with Crippen LogP contribution in [0.25, 0.3) is 5.65 Å². The highest BCUT2D eigenvalue weighted by atomic mass is 15.3. The molecule has 0 aliphatic heterocycles. The largest absolute Gasteiger partial charge is 0.236 e. The van der Waals surface area contributed by atoms with Crippen LogP contribution in [0.3, 0.4) is 0 Å². The lowest BCUT2D eigenvalue weighted by molar-refractivity contribution is 0.409. The van der Waals surface area contributed by atoms with E-state index >= 15 is 0 Å². The molecule has 0 aromatic carbocycles. The fourth-order valence-electron chi connectivity index (χ4n) is 1.98. The van der Waals surface area contributed by atoms with Gasteiger partial charge in [0.2, 0.25) is 0 Å². The van der Waals surface area contributed by atoms with Gasteiger partial charge in [-0.25, -0.2) is 9.50 Å². The van der Waals surface area contributed by atoms with E-state index in [1.807, 2.05) is 12.3 Å². The summed E-state index contributed by atoms with van der Waals surface area (Å²) in [5, 5.41) is 13.6. The van der Waals surface area contributed by atoms with Crippen molar-refractivity contribution >= 4 is 5.65 Å². The summed E-state index contributed by atoms with van der Waals surface area (Å²) < 4.78 is 1.70. The Morgan fingerprint density at radius 1 is 1.47 bits per heavy atom. The summed E-state index contributed by atoms with van der Waals surface area (Å²) in [4.78, 5) is 4.19. The van der Waals surface area contributed by atoms with Gasteiger partial charge in [-0.05, 0) is 18.9 Å². The fourth-order valence-corrected chi connectivity index (χ4v) is 1.98. The van der Waals surface area contributed by atoms with Gasteiger partial charge < -0.3 is 0 Å². The topological polar surface area (TPSA) is 54.0 Å². The zero-order chi connectivity index (χ0) is 10.3. The van der Waals surface area contributed by atoms with Gasteiger partial charge in [0.1, 0.15) is 11.6 Å². The first kappa shape index (κ1) is 8.42. The van der Waals surface area contributed by atoms with Gasteiger partial charge in [0.15, 0.2) is 5.65 Å². The van der Waals surface area contributed by atoms with E-state index in [2.05, 4.69) is 16.2 Å². The van der Waals surface area contributed by atoms with Crippen LogP contribution in [-0.2, 0) is 0 Å². The minimum absolute atomic E-state index is 0.473. The van der Waals surface area contributed by atoms with Crippen molar-refractivity contribution < 1.29 is 0 Å².